The van der Waals surface area contributed by atoms with Gasteiger partial charge in [-0.2, -0.15) is 18.2 Å². The number of amides is 1. The van der Waals surface area contributed by atoms with Gasteiger partial charge in [0.05, 0.1) is 12.2 Å². The van der Waals surface area contributed by atoms with Crippen LogP contribution in [0.5, 0.6) is 0 Å². The summed E-state index contributed by atoms with van der Waals surface area (Å²) in [4.78, 5) is 24.0. The summed E-state index contributed by atoms with van der Waals surface area (Å²) >= 11 is 0. The molecule has 0 bridgehead atoms. The van der Waals surface area contributed by atoms with Crippen molar-refractivity contribution in [2.75, 3.05) is 0 Å². The van der Waals surface area contributed by atoms with Crippen LogP contribution in [0, 0.1) is 20.8 Å². The number of aromatic nitrogens is 5. The standard InChI is InChI=1S/C18H19F3N6O/c1-10-5-4-6-13(23-10)9-22-15(28)8-7-14-11(2)24-17-25-16(18(19,20)21)26-27(17)12(14)3/h4-6H,7-9H2,1-3H3,(H,22,28). The van der Waals surface area contributed by atoms with E-state index in [-0.39, 0.29) is 18.1 Å². The monoisotopic (exact) mass is 392 g/mol. The largest absolute Gasteiger partial charge is 0.453 e. The predicted octanol–water partition coefficient (Wildman–Crippen LogP) is 2.71. The van der Waals surface area contributed by atoms with Crippen molar-refractivity contribution in [2.45, 2.75) is 46.3 Å². The average molecular weight is 392 g/mol. The van der Waals surface area contributed by atoms with Gasteiger partial charge in [0.15, 0.2) is 0 Å². The Morgan fingerprint density at radius 2 is 1.89 bits per heavy atom. The smallest absolute Gasteiger partial charge is 0.350 e. The summed E-state index contributed by atoms with van der Waals surface area (Å²) in [5, 5.41) is 6.30. The van der Waals surface area contributed by atoms with Crippen LogP contribution in [0.1, 0.15) is 40.6 Å². The maximum absolute atomic E-state index is 12.8. The van der Waals surface area contributed by atoms with Crippen LogP contribution in [0.2, 0.25) is 0 Å². The number of hydrogen-bond acceptors (Lipinski definition) is 5. The summed E-state index contributed by atoms with van der Waals surface area (Å²) in [6.07, 6.45) is -4.14. The zero-order chi connectivity index (χ0) is 20.5. The Balaban J connectivity index is 1.70. The third-order valence-electron chi connectivity index (χ3n) is 4.32. The van der Waals surface area contributed by atoms with E-state index in [1.54, 1.807) is 13.8 Å². The Labute approximate surface area is 159 Å². The van der Waals surface area contributed by atoms with E-state index in [4.69, 9.17) is 0 Å². The summed E-state index contributed by atoms with van der Waals surface area (Å²) in [7, 11) is 0. The lowest BCUT2D eigenvalue weighted by atomic mass is 10.1. The maximum Gasteiger partial charge on any atom is 0.453 e. The van der Waals surface area contributed by atoms with Gasteiger partial charge in [-0.15, -0.1) is 5.10 Å². The van der Waals surface area contributed by atoms with Gasteiger partial charge in [-0.05, 0) is 44.9 Å². The first-order valence-corrected chi connectivity index (χ1v) is 8.64. The minimum atomic E-state index is -4.64. The van der Waals surface area contributed by atoms with Crippen molar-refractivity contribution in [3.63, 3.8) is 0 Å². The molecule has 3 aromatic rings. The fraction of sp³-hybridized carbons (Fsp3) is 0.389. The molecule has 0 saturated carbocycles. The summed E-state index contributed by atoms with van der Waals surface area (Å²) in [6.45, 7) is 5.50. The zero-order valence-corrected chi connectivity index (χ0v) is 15.6. The first kappa shape index (κ1) is 19.7. The number of rotatable bonds is 5. The van der Waals surface area contributed by atoms with E-state index in [1.807, 2.05) is 25.1 Å². The van der Waals surface area contributed by atoms with Gasteiger partial charge in [-0.3, -0.25) is 9.78 Å². The molecule has 3 rings (SSSR count). The summed E-state index contributed by atoms with van der Waals surface area (Å²) in [6, 6.07) is 5.56. The summed E-state index contributed by atoms with van der Waals surface area (Å²) in [5.74, 6) is -1.53. The molecule has 0 saturated heterocycles. The van der Waals surface area contributed by atoms with Crippen LogP contribution in [-0.4, -0.2) is 30.5 Å². The molecule has 0 aliphatic rings. The molecular formula is C18H19F3N6O. The van der Waals surface area contributed by atoms with Crippen molar-refractivity contribution >= 4 is 11.7 Å². The van der Waals surface area contributed by atoms with Crippen LogP contribution < -0.4 is 5.32 Å². The fourth-order valence-electron chi connectivity index (χ4n) is 2.90. The van der Waals surface area contributed by atoms with Gasteiger partial charge in [0.1, 0.15) is 0 Å². The van der Waals surface area contributed by atoms with E-state index < -0.39 is 12.0 Å². The lowest BCUT2D eigenvalue weighted by molar-refractivity contribution is -0.144. The number of halogens is 3. The SMILES string of the molecule is Cc1cccc(CNC(=O)CCc2c(C)nc3nc(C(F)(F)F)nn3c2C)n1. The third kappa shape index (κ3) is 4.26. The van der Waals surface area contributed by atoms with E-state index in [1.165, 1.54) is 0 Å². The molecule has 3 heterocycles. The van der Waals surface area contributed by atoms with E-state index in [0.29, 0.717) is 29.9 Å². The Morgan fingerprint density at radius 1 is 1.14 bits per heavy atom. The molecule has 0 fully saturated rings. The molecule has 0 aliphatic heterocycles. The van der Waals surface area contributed by atoms with Gasteiger partial charge in [0.2, 0.25) is 5.91 Å². The fourth-order valence-corrected chi connectivity index (χ4v) is 2.90. The normalized spacial score (nSPS) is 11.8. The highest BCUT2D eigenvalue weighted by molar-refractivity contribution is 5.76. The number of nitrogens with zero attached hydrogens (tertiary/aromatic N) is 5. The molecular weight excluding hydrogens is 373 g/mol. The van der Waals surface area contributed by atoms with Crippen LogP contribution in [0.3, 0.4) is 0 Å². The number of alkyl halides is 3. The van der Waals surface area contributed by atoms with Crippen molar-refractivity contribution < 1.29 is 18.0 Å². The Morgan fingerprint density at radius 3 is 2.57 bits per heavy atom. The van der Waals surface area contributed by atoms with Crippen molar-refractivity contribution in [3.05, 3.63) is 52.4 Å². The highest BCUT2D eigenvalue weighted by Gasteiger charge is 2.36. The van der Waals surface area contributed by atoms with Gasteiger partial charge in [-0.25, -0.2) is 9.50 Å². The van der Waals surface area contributed by atoms with E-state index in [9.17, 15) is 18.0 Å². The molecule has 3 aromatic heterocycles. The van der Waals surface area contributed by atoms with Crippen LogP contribution in [0.15, 0.2) is 18.2 Å². The van der Waals surface area contributed by atoms with Crippen molar-refractivity contribution in [3.8, 4) is 0 Å². The second-order valence-electron chi connectivity index (χ2n) is 6.45. The molecule has 1 N–H and O–H groups in total. The molecule has 0 aliphatic carbocycles. The lowest BCUT2D eigenvalue weighted by Gasteiger charge is -2.10. The number of aryl methyl sites for hydroxylation is 3. The van der Waals surface area contributed by atoms with Gasteiger partial charge in [-0.1, -0.05) is 6.07 Å². The number of nitrogens with one attached hydrogen (secondary N) is 1. The van der Waals surface area contributed by atoms with Crippen molar-refractivity contribution in [1.29, 1.82) is 0 Å². The third-order valence-corrected chi connectivity index (χ3v) is 4.32. The molecule has 0 spiro atoms. The number of carbonyl (C=O) groups is 1. The predicted molar refractivity (Wildman–Crippen MR) is 94.4 cm³/mol. The number of fused-ring (bicyclic) bond motifs is 1. The second-order valence-corrected chi connectivity index (χ2v) is 6.45. The molecule has 28 heavy (non-hydrogen) atoms. The number of pyridine rings is 1. The lowest BCUT2D eigenvalue weighted by Crippen LogP contribution is -2.24. The average Bonchev–Trinajstić information content (AvgIpc) is 3.04. The molecule has 148 valence electrons. The van der Waals surface area contributed by atoms with E-state index in [0.717, 1.165) is 15.9 Å². The minimum absolute atomic E-state index is 0.110. The Hall–Kier alpha value is -3.04. The summed E-state index contributed by atoms with van der Waals surface area (Å²) in [5.41, 5.74) is 3.31. The first-order chi connectivity index (χ1) is 13.1. The van der Waals surface area contributed by atoms with Gasteiger partial charge in [0, 0.05) is 23.5 Å². The molecule has 7 nitrogen and oxygen atoms in total. The molecule has 0 aromatic carbocycles. The Bertz CT molecular complexity index is 1030. The first-order valence-electron chi connectivity index (χ1n) is 8.64. The van der Waals surface area contributed by atoms with Crippen LogP contribution in [-0.2, 0) is 23.9 Å². The highest BCUT2D eigenvalue weighted by atomic mass is 19.4. The number of carbonyl (C=O) groups excluding carboxylic acids is 1. The summed E-state index contributed by atoms with van der Waals surface area (Å²) < 4.78 is 39.6. The molecule has 0 unspecified atom stereocenters. The van der Waals surface area contributed by atoms with Gasteiger partial charge < -0.3 is 5.32 Å². The van der Waals surface area contributed by atoms with E-state index in [2.05, 4.69) is 25.4 Å². The van der Waals surface area contributed by atoms with Crippen molar-refractivity contribution in [1.82, 2.24) is 29.9 Å². The quantitative estimate of drug-likeness (QED) is 0.722. The zero-order valence-electron chi connectivity index (χ0n) is 15.6. The van der Waals surface area contributed by atoms with Crippen LogP contribution >= 0.6 is 0 Å². The molecule has 1 amide bonds. The van der Waals surface area contributed by atoms with Gasteiger partial charge >= 0.3 is 6.18 Å². The maximum atomic E-state index is 12.8. The van der Waals surface area contributed by atoms with E-state index >= 15 is 0 Å². The number of hydrogen-bond donors (Lipinski definition) is 1. The topological polar surface area (TPSA) is 85.1 Å². The van der Waals surface area contributed by atoms with Gasteiger partial charge in [0.25, 0.3) is 11.6 Å². The molecule has 0 atom stereocenters. The molecule has 10 heteroatoms. The molecule has 0 radical (unpaired) electrons. The highest BCUT2D eigenvalue weighted by Crippen LogP contribution is 2.27. The minimum Gasteiger partial charge on any atom is -0.350 e. The Kier molecular flexibility index (Phi) is 5.30. The second kappa shape index (κ2) is 7.53. The van der Waals surface area contributed by atoms with Crippen LogP contribution in [0.25, 0.3) is 5.78 Å². The van der Waals surface area contributed by atoms with Crippen LogP contribution in [0.4, 0.5) is 13.2 Å². The van der Waals surface area contributed by atoms with Crippen molar-refractivity contribution in [2.24, 2.45) is 0 Å².